The molecule has 1 unspecified atom stereocenters. The number of amidine groups is 1. The van der Waals surface area contributed by atoms with Gasteiger partial charge in [-0.3, -0.25) is 4.79 Å². The molecule has 0 aliphatic heterocycles. The zero-order valence-electron chi connectivity index (χ0n) is 9.55. The summed E-state index contributed by atoms with van der Waals surface area (Å²) in [6.07, 6.45) is 0. The van der Waals surface area contributed by atoms with E-state index in [1.807, 2.05) is 12.1 Å². The van der Waals surface area contributed by atoms with Crippen LogP contribution < -0.4 is 16.8 Å². The van der Waals surface area contributed by atoms with Crippen LogP contribution in [0.3, 0.4) is 0 Å². The van der Waals surface area contributed by atoms with E-state index in [1.54, 1.807) is 19.1 Å². The molecule has 0 heterocycles. The molecule has 0 saturated carbocycles. The fourth-order valence-corrected chi connectivity index (χ4v) is 1.22. The van der Waals surface area contributed by atoms with Crippen LogP contribution in [0, 0.1) is 0 Å². The van der Waals surface area contributed by atoms with E-state index >= 15 is 0 Å². The van der Waals surface area contributed by atoms with Crippen molar-refractivity contribution in [2.24, 2.45) is 16.6 Å². The second-order valence-electron chi connectivity index (χ2n) is 3.69. The number of primary amides is 1. The van der Waals surface area contributed by atoms with Crippen molar-refractivity contribution in [2.45, 2.75) is 19.5 Å². The number of benzene rings is 1. The summed E-state index contributed by atoms with van der Waals surface area (Å²) in [5.74, 6) is -0.326. The molecular formula is C11H16N4O2. The third-order valence-corrected chi connectivity index (χ3v) is 2.40. The SMILES string of the molecule is CC(NCc1ccc(C(N)=NO)cc1)C(N)=O. The third kappa shape index (κ3) is 3.76. The van der Waals surface area contributed by atoms with Crippen LogP contribution in [0.2, 0.25) is 0 Å². The Kier molecular flexibility index (Phi) is 4.47. The van der Waals surface area contributed by atoms with Crippen LogP contribution in [0.4, 0.5) is 0 Å². The summed E-state index contributed by atoms with van der Waals surface area (Å²) >= 11 is 0. The van der Waals surface area contributed by atoms with Crippen molar-refractivity contribution >= 4 is 11.7 Å². The average Bonchev–Trinajstić information content (AvgIpc) is 2.35. The Balaban J connectivity index is 2.60. The molecule has 92 valence electrons. The molecule has 17 heavy (non-hydrogen) atoms. The van der Waals surface area contributed by atoms with Crippen LogP contribution in [0.1, 0.15) is 18.1 Å². The number of oxime groups is 1. The summed E-state index contributed by atoms with van der Waals surface area (Å²) in [6.45, 7) is 2.23. The predicted molar refractivity (Wildman–Crippen MR) is 64.4 cm³/mol. The first kappa shape index (κ1) is 13.0. The molecule has 0 aromatic heterocycles. The van der Waals surface area contributed by atoms with E-state index in [2.05, 4.69) is 10.5 Å². The van der Waals surface area contributed by atoms with Crippen molar-refractivity contribution in [2.75, 3.05) is 0 Å². The van der Waals surface area contributed by atoms with Crippen LogP contribution in [0.15, 0.2) is 29.4 Å². The van der Waals surface area contributed by atoms with E-state index < -0.39 is 5.91 Å². The van der Waals surface area contributed by atoms with E-state index in [0.29, 0.717) is 12.1 Å². The Labute approximate surface area is 99.3 Å². The monoisotopic (exact) mass is 236 g/mol. The van der Waals surface area contributed by atoms with Crippen molar-refractivity contribution in [1.29, 1.82) is 0 Å². The molecule has 0 spiro atoms. The highest BCUT2D eigenvalue weighted by atomic mass is 16.4. The van der Waals surface area contributed by atoms with Crippen LogP contribution in [0.25, 0.3) is 0 Å². The van der Waals surface area contributed by atoms with Crippen molar-refractivity contribution < 1.29 is 10.0 Å². The second kappa shape index (κ2) is 5.86. The Morgan fingerprint density at radius 1 is 1.41 bits per heavy atom. The first-order valence-electron chi connectivity index (χ1n) is 5.14. The standard InChI is InChI=1S/C11H16N4O2/c1-7(11(13)16)14-6-8-2-4-9(5-3-8)10(12)15-17/h2-5,7,14,17H,6H2,1H3,(H2,12,15)(H2,13,16). The van der Waals surface area contributed by atoms with Gasteiger partial charge in [-0.05, 0) is 12.5 Å². The van der Waals surface area contributed by atoms with Gasteiger partial charge in [-0.2, -0.15) is 0 Å². The molecule has 0 radical (unpaired) electrons. The summed E-state index contributed by atoms with van der Waals surface area (Å²) in [4.78, 5) is 10.8. The zero-order valence-corrected chi connectivity index (χ0v) is 9.55. The van der Waals surface area contributed by atoms with E-state index in [9.17, 15) is 4.79 Å². The number of carbonyl (C=O) groups is 1. The number of amides is 1. The lowest BCUT2D eigenvalue weighted by atomic mass is 10.1. The topological polar surface area (TPSA) is 114 Å². The number of hydrogen-bond acceptors (Lipinski definition) is 4. The maximum absolute atomic E-state index is 10.8. The largest absolute Gasteiger partial charge is 0.409 e. The van der Waals surface area contributed by atoms with Gasteiger partial charge in [0.25, 0.3) is 0 Å². The Bertz CT molecular complexity index is 414. The van der Waals surface area contributed by atoms with E-state index in [1.165, 1.54) is 0 Å². The van der Waals surface area contributed by atoms with Crippen LogP contribution in [0.5, 0.6) is 0 Å². The fourth-order valence-electron chi connectivity index (χ4n) is 1.22. The lowest BCUT2D eigenvalue weighted by Gasteiger charge is -2.10. The number of nitrogens with zero attached hydrogens (tertiary/aromatic N) is 1. The van der Waals surface area contributed by atoms with Crippen LogP contribution >= 0.6 is 0 Å². The molecule has 1 aromatic rings. The zero-order chi connectivity index (χ0) is 12.8. The van der Waals surface area contributed by atoms with Gasteiger partial charge in [0.1, 0.15) is 0 Å². The van der Waals surface area contributed by atoms with Crippen molar-refractivity contribution in [3.8, 4) is 0 Å². The van der Waals surface area contributed by atoms with E-state index in [0.717, 1.165) is 5.56 Å². The maximum Gasteiger partial charge on any atom is 0.234 e. The first-order valence-corrected chi connectivity index (χ1v) is 5.14. The molecule has 0 aliphatic carbocycles. The highest BCUT2D eigenvalue weighted by molar-refractivity contribution is 5.96. The second-order valence-corrected chi connectivity index (χ2v) is 3.69. The maximum atomic E-state index is 10.8. The van der Waals surface area contributed by atoms with Crippen molar-refractivity contribution in [3.63, 3.8) is 0 Å². The highest BCUT2D eigenvalue weighted by Crippen LogP contribution is 2.04. The molecule has 6 N–H and O–H groups in total. The smallest absolute Gasteiger partial charge is 0.234 e. The summed E-state index contributed by atoms with van der Waals surface area (Å²) in [5, 5.41) is 14.4. The lowest BCUT2D eigenvalue weighted by Crippen LogP contribution is -2.38. The first-order chi connectivity index (χ1) is 8.04. The molecule has 6 nitrogen and oxygen atoms in total. The van der Waals surface area contributed by atoms with E-state index in [-0.39, 0.29) is 11.9 Å². The van der Waals surface area contributed by atoms with Gasteiger partial charge >= 0.3 is 0 Å². The molecule has 0 saturated heterocycles. The number of hydrogen-bond donors (Lipinski definition) is 4. The summed E-state index contributed by atoms with van der Waals surface area (Å²) in [5.41, 5.74) is 12.2. The van der Waals surface area contributed by atoms with Crippen LogP contribution in [-0.2, 0) is 11.3 Å². The van der Waals surface area contributed by atoms with Gasteiger partial charge in [0.15, 0.2) is 5.84 Å². The summed E-state index contributed by atoms with van der Waals surface area (Å²) in [6, 6.07) is 6.75. The number of carbonyl (C=O) groups excluding carboxylic acids is 1. The number of nitrogens with one attached hydrogen (secondary N) is 1. The predicted octanol–water partition coefficient (Wildman–Crippen LogP) is -0.255. The van der Waals surface area contributed by atoms with Gasteiger partial charge in [-0.1, -0.05) is 29.4 Å². The molecule has 0 fully saturated rings. The Morgan fingerprint density at radius 3 is 2.47 bits per heavy atom. The highest BCUT2D eigenvalue weighted by Gasteiger charge is 2.07. The van der Waals surface area contributed by atoms with Gasteiger partial charge in [0.05, 0.1) is 6.04 Å². The summed E-state index contributed by atoms with van der Waals surface area (Å²) < 4.78 is 0. The molecule has 0 aliphatic rings. The van der Waals surface area contributed by atoms with Gasteiger partial charge in [-0.15, -0.1) is 0 Å². The van der Waals surface area contributed by atoms with Gasteiger partial charge < -0.3 is 22.0 Å². The Morgan fingerprint density at radius 2 is 2.00 bits per heavy atom. The van der Waals surface area contributed by atoms with Crippen molar-refractivity contribution in [3.05, 3.63) is 35.4 Å². The summed E-state index contributed by atoms with van der Waals surface area (Å²) in [7, 11) is 0. The third-order valence-electron chi connectivity index (χ3n) is 2.40. The average molecular weight is 236 g/mol. The molecule has 0 bridgehead atoms. The molecule has 1 aromatic carbocycles. The van der Waals surface area contributed by atoms with Crippen LogP contribution in [-0.4, -0.2) is 23.0 Å². The normalized spacial score (nSPS) is 13.4. The van der Waals surface area contributed by atoms with Crippen molar-refractivity contribution in [1.82, 2.24) is 5.32 Å². The molecule has 1 atom stereocenters. The molecule has 1 amide bonds. The Hall–Kier alpha value is -2.08. The minimum atomic E-state index is -0.390. The minimum absolute atomic E-state index is 0.0648. The number of nitrogens with two attached hydrogens (primary N) is 2. The van der Waals surface area contributed by atoms with Gasteiger partial charge in [0, 0.05) is 12.1 Å². The molecule has 1 rings (SSSR count). The number of rotatable bonds is 5. The fraction of sp³-hybridized carbons (Fsp3) is 0.273. The van der Waals surface area contributed by atoms with Gasteiger partial charge in [0.2, 0.25) is 5.91 Å². The molecular weight excluding hydrogens is 220 g/mol. The lowest BCUT2D eigenvalue weighted by molar-refractivity contribution is -0.119. The quantitative estimate of drug-likeness (QED) is 0.244. The van der Waals surface area contributed by atoms with E-state index in [4.69, 9.17) is 16.7 Å². The minimum Gasteiger partial charge on any atom is -0.409 e. The molecule has 6 heteroatoms. The van der Waals surface area contributed by atoms with Gasteiger partial charge in [-0.25, -0.2) is 0 Å².